The smallest absolute Gasteiger partial charge is 0.161 e. The fraction of sp³-hybridized carbons (Fsp3) is 0. The molecule has 0 unspecified atom stereocenters. The molecule has 0 fully saturated rings. The number of thiophene rings is 1. The summed E-state index contributed by atoms with van der Waals surface area (Å²) in [7, 11) is 0. The summed E-state index contributed by atoms with van der Waals surface area (Å²) in [5, 5.41) is 29.8. The summed E-state index contributed by atoms with van der Waals surface area (Å²) in [6.45, 7) is 0. The minimum atomic E-state index is 0.722. The van der Waals surface area contributed by atoms with Gasteiger partial charge < -0.3 is 13.3 Å². The Morgan fingerprint density at radius 1 is 0.146 bits per heavy atom. The Hall–Kier alpha value is -19.1. The summed E-state index contributed by atoms with van der Waals surface area (Å²) in [6, 6.07) is 164. The molecule has 0 radical (unpaired) electrons. The van der Waals surface area contributed by atoms with E-state index in [1.54, 1.807) is 0 Å². The number of fused-ring (bicyclic) bond motifs is 30. The summed E-state index contributed by atoms with van der Waals surface area (Å²) in [5.41, 5.74) is 21.4. The lowest BCUT2D eigenvalue weighted by molar-refractivity contribution is 0.669. The van der Waals surface area contributed by atoms with E-state index in [4.69, 9.17) is 53.1 Å². The van der Waals surface area contributed by atoms with Crippen molar-refractivity contribution in [1.82, 2.24) is 39.9 Å². The number of hydrogen-bond donors (Lipinski definition) is 0. The van der Waals surface area contributed by atoms with E-state index < -0.39 is 0 Å². The lowest BCUT2D eigenvalue weighted by Crippen LogP contribution is -1.96. The van der Waals surface area contributed by atoms with Gasteiger partial charge >= 0.3 is 0 Å². The van der Waals surface area contributed by atoms with Crippen molar-refractivity contribution in [3.63, 3.8) is 0 Å². The largest absolute Gasteiger partial charge is 0.456 e. The Morgan fingerprint density at radius 2 is 0.451 bits per heavy atom. The minimum Gasteiger partial charge on any atom is -0.456 e. The molecule has 144 heavy (non-hydrogen) atoms. The van der Waals surface area contributed by atoms with Gasteiger partial charge in [-0.1, -0.05) is 382 Å². The molecule has 0 saturated carbocycles. The third-order valence-corrected chi connectivity index (χ3v) is 29.3. The lowest BCUT2D eigenvalue weighted by Gasteiger charge is -2.13. The van der Waals surface area contributed by atoms with Crippen molar-refractivity contribution in [2.75, 3.05) is 0 Å². The topological polar surface area (TPSA) is 143 Å². The van der Waals surface area contributed by atoms with E-state index in [2.05, 4.69) is 388 Å². The minimum absolute atomic E-state index is 0.722. The van der Waals surface area contributed by atoms with Crippen LogP contribution in [0.4, 0.5) is 0 Å². The average Bonchev–Trinajstić information content (AvgIpc) is 1.66. The third-order valence-electron chi connectivity index (χ3n) is 28.1. The molecule has 12 heteroatoms. The maximum atomic E-state index is 6.16. The Kier molecular flexibility index (Phi) is 19.9. The Morgan fingerprint density at radius 3 is 0.896 bits per heavy atom. The first-order valence-corrected chi connectivity index (χ1v) is 49.1. The first kappa shape index (κ1) is 83.1. The lowest BCUT2D eigenvalue weighted by atomic mass is 9.97. The maximum absolute atomic E-state index is 6.16. The number of para-hydroxylation sites is 4. The van der Waals surface area contributed by atoms with Crippen LogP contribution in [0.2, 0.25) is 0 Å². The van der Waals surface area contributed by atoms with Gasteiger partial charge in [-0.3, -0.25) is 0 Å². The molecule has 11 nitrogen and oxygen atoms in total. The summed E-state index contributed by atoms with van der Waals surface area (Å²) in [5.74, 6) is 2.93. The zero-order valence-corrected chi connectivity index (χ0v) is 78.1. The van der Waals surface area contributed by atoms with Crippen LogP contribution < -0.4 is 0 Å². The molecule has 0 spiro atoms. The Labute approximate surface area is 827 Å². The molecule has 31 aromatic rings. The van der Waals surface area contributed by atoms with Crippen molar-refractivity contribution >= 4 is 216 Å². The van der Waals surface area contributed by atoms with E-state index in [0.717, 1.165) is 248 Å². The standard InChI is InChI=1S/2C34H20N2O.C34H20N2S.C30H18N2O/c1-2-10-22(11-3-1)33-32-23-12-5-4-9-21(23)17-19-28(32)35-34(36-33)26-15-8-14-25-24(26)18-20-30-31(25)27-13-6-7-16-29(27)37-30;2*1-2-10-22(11-3-1)32-28-18-17-21-9-4-5-12-23(21)33(28)36-34(35-32)26-15-8-14-25-24(26)19-20-30-31(25)27-13-6-7-16-29(27)37-30;1-2-9-19(10-3-1)29-23-11-4-6-15-25(23)31-30(32-29)22-14-8-13-21-20(22)17-18-27-28(21)24-12-5-7-16-26(24)33-27/h3*1-20H;1-18H. The molecule has 0 aliphatic heterocycles. The second kappa shape index (κ2) is 34.5. The van der Waals surface area contributed by atoms with Gasteiger partial charge in [0.2, 0.25) is 0 Å². The zero-order valence-electron chi connectivity index (χ0n) is 77.2. The highest BCUT2D eigenvalue weighted by Gasteiger charge is 2.25. The summed E-state index contributed by atoms with van der Waals surface area (Å²) in [6.07, 6.45) is 0. The SMILES string of the molecule is c1ccc(-c2nc(-c3cccc4c3ccc3oc5ccccc5c34)nc3c2ccc2ccccc23)cc1.c1ccc(-c2nc(-c3cccc4c3ccc3oc5ccccc5c34)nc3ccc4ccccc4c23)cc1.c1ccc(-c2nc(-c3cccc4c3ccc3oc5ccccc5c34)nc3ccccc23)cc1.c1ccc(-c2nc(-c3cccc4c3ccc3sc5ccccc5c34)nc3c2ccc2ccccc23)cc1. The molecule has 0 amide bonds. The van der Waals surface area contributed by atoms with Gasteiger partial charge in [-0.2, -0.15) is 0 Å². The van der Waals surface area contributed by atoms with Crippen LogP contribution in [0.3, 0.4) is 0 Å². The summed E-state index contributed by atoms with van der Waals surface area (Å²) in [4.78, 5) is 41.3. The van der Waals surface area contributed by atoms with Crippen LogP contribution in [0.25, 0.3) is 296 Å². The number of benzene rings is 23. The number of nitrogens with zero attached hydrogens (tertiary/aromatic N) is 8. The van der Waals surface area contributed by atoms with Crippen molar-refractivity contribution in [2.45, 2.75) is 0 Å². The number of hydrogen-bond acceptors (Lipinski definition) is 12. The molecule has 0 saturated heterocycles. The number of aromatic nitrogens is 8. The van der Waals surface area contributed by atoms with E-state index in [1.807, 2.05) is 96.3 Å². The Bertz CT molecular complexity index is 10300. The van der Waals surface area contributed by atoms with Gasteiger partial charge in [0.05, 0.1) is 44.8 Å². The first-order chi connectivity index (χ1) is 71.4. The van der Waals surface area contributed by atoms with Gasteiger partial charge in [0.1, 0.15) is 33.5 Å². The molecule has 8 aromatic heterocycles. The van der Waals surface area contributed by atoms with Gasteiger partial charge in [0.25, 0.3) is 0 Å². The van der Waals surface area contributed by atoms with Gasteiger partial charge in [-0.15, -0.1) is 11.3 Å². The van der Waals surface area contributed by atoms with Gasteiger partial charge in [0.15, 0.2) is 23.3 Å². The van der Waals surface area contributed by atoms with Crippen LogP contribution in [0.1, 0.15) is 0 Å². The molecule has 8 heterocycles. The summed E-state index contributed by atoms with van der Waals surface area (Å²) >= 11 is 1.85. The molecular formula is C132H78N8O3S. The van der Waals surface area contributed by atoms with Gasteiger partial charge in [0, 0.05) is 129 Å². The molecular weight excluding hydrogens is 1780 g/mol. The average molecular weight is 1860 g/mol. The van der Waals surface area contributed by atoms with Crippen LogP contribution in [-0.4, -0.2) is 39.9 Å². The second-order valence-corrected chi connectivity index (χ2v) is 37.4. The zero-order chi connectivity index (χ0) is 94.8. The fourth-order valence-electron chi connectivity index (χ4n) is 21.5. The molecule has 31 rings (SSSR count). The van der Waals surface area contributed by atoms with Crippen LogP contribution in [-0.2, 0) is 0 Å². The van der Waals surface area contributed by atoms with E-state index in [0.29, 0.717) is 0 Å². The van der Waals surface area contributed by atoms with E-state index in [9.17, 15) is 0 Å². The van der Waals surface area contributed by atoms with Crippen LogP contribution in [0.15, 0.2) is 486 Å². The quantitative estimate of drug-likeness (QED) is 0.134. The Balaban J connectivity index is 0.0000000935. The highest BCUT2D eigenvalue weighted by Crippen LogP contribution is 2.48. The van der Waals surface area contributed by atoms with Gasteiger partial charge in [-0.05, 0) is 156 Å². The predicted octanol–water partition coefficient (Wildman–Crippen LogP) is 36.0. The fourth-order valence-corrected chi connectivity index (χ4v) is 22.7. The van der Waals surface area contributed by atoms with Crippen molar-refractivity contribution in [2.24, 2.45) is 0 Å². The maximum Gasteiger partial charge on any atom is 0.161 e. The number of rotatable bonds is 8. The third kappa shape index (κ3) is 14.1. The monoisotopic (exact) mass is 1850 g/mol. The molecule has 0 N–H and O–H groups in total. The highest BCUT2D eigenvalue weighted by atomic mass is 32.1. The van der Waals surface area contributed by atoms with E-state index in [-0.39, 0.29) is 0 Å². The molecule has 670 valence electrons. The molecule has 0 aliphatic carbocycles. The first-order valence-electron chi connectivity index (χ1n) is 48.3. The molecule has 0 atom stereocenters. The van der Waals surface area contributed by atoms with Crippen LogP contribution in [0, 0.1) is 0 Å². The second-order valence-electron chi connectivity index (χ2n) is 36.4. The molecule has 0 bridgehead atoms. The number of furan rings is 3. The van der Waals surface area contributed by atoms with Crippen molar-refractivity contribution < 1.29 is 13.3 Å². The molecule has 0 aliphatic rings. The van der Waals surface area contributed by atoms with E-state index >= 15 is 0 Å². The van der Waals surface area contributed by atoms with Crippen molar-refractivity contribution in [3.05, 3.63) is 473 Å². The van der Waals surface area contributed by atoms with E-state index in [1.165, 1.54) is 47.1 Å². The van der Waals surface area contributed by atoms with Crippen molar-refractivity contribution in [3.8, 4) is 90.6 Å². The van der Waals surface area contributed by atoms with Crippen LogP contribution >= 0.6 is 11.3 Å². The predicted molar refractivity (Wildman–Crippen MR) is 599 cm³/mol. The van der Waals surface area contributed by atoms with Crippen LogP contribution in [0.5, 0.6) is 0 Å². The summed E-state index contributed by atoms with van der Waals surface area (Å²) < 4.78 is 21.0. The van der Waals surface area contributed by atoms with Gasteiger partial charge in [-0.25, -0.2) is 39.9 Å². The van der Waals surface area contributed by atoms with Crippen molar-refractivity contribution in [1.29, 1.82) is 0 Å². The normalized spacial score (nSPS) is 11.8. The highest BCUT2D eigenvalue weighted by molar-refractivity contribution is 7.26. The molecule has 23 aromatic carbocycles.